The summed E-state index contributed by atoms with van der Waals surface area (Å²) in [5, 5.41) is 3.48. The van der Waals surface area contributed by atoms with Crippen molar-refractivity contribution in [2.75, 3.05) is 32.2 Å². The van der Waals surface area contributed by atoms with Gasteiger partial charge in [0.1, 0.15) is 6.17 Å². The van der Waals surface area contributed by atoms with Gasteiger partial charge >= 0.3 is 6.03 Å². The molecular weight excluding hydrogens is 366 g/mol. The molecule has 0 bridgehead atoms. The monoisotopic (exact) mass is 389 g/mol. The lowest BCUT2D eigenvalue weighted by Crippen LogP contribution is -2.63. The average Bonchev–Trinajstić information content (AvgIpc) is 2.96. The van der Waals surface area contributed by atoms with Gasteiger partial charge in [-0.3, -0.25) is 14.5 Å². The average molecular weight is 389 g/mol. The number of imide groups is 1. The van der Waals surface area contributed by atoms with Crippen molar-refractivity contribution in [3.8, 4) is 0 Å². The Morgan fingerprint density at radius 1 is 1.19 bits per heavy atom. The standard InChI is InChI=1S/C18H23N5O3S/c1-10-6-7-11(2)12(8-10)19-13(24)9-27-17-20-14-15(21(17)3)22(4)18(26)23(5)16(14)25/h6-8,14-15H,9H2,1-5H3,(H,19,24)/t14-,15+/m1/s1. The fourth-order valence-corrected chi connectivity index (χ4v) is 4.06. The Morgan fingerprint density at radius 2 is 1.89 bits per heavy atom. The van der Waals surface area contributed by atoms with Crippen LogP contribution in [-0.4, -0.2) is 76.8 Å². The fourth-order valence-electron chi connectivity index (χ4n) is 3.22. The molecule has 1 aromatic rings. The van der Waals surface area contributed by atoms with E-state index in [1.54, 1.807) is 19.0 Å². The van der Waals surface area contributed by atoms with E-state index in [0.29, 0.717) is 5.17 Å². The van der Waals surface area contributed by atoms with E-state index in [1.165, 1.54) is 23.7 Å². The molecule has 1 saturated heterocycles. The van der Waals surface area contributed by atoms with Crippen molar-refractivity contribution in [3.63, 3.8) is 0 Å². The highest BCUT2D eigenvalue weighted by atomic mass is 32.2. The summed E-state index contributed by atoms with van der Waals surface area (Å²) in [5.41, 5.74) is 2.86. The topological polar surface area (TPSA) is 85.3 Å². The van der Waals surface area contributed by atoms with Gasteiger partial charge in [-0.05, 0) is 31.0 Å². The summed E-state index contributed by atoms with van der Waals surface area (Å²) in [5.74, 6) is -0.310. The van der Waals surface area contributed by atoms with Gasteiger partial charge in [0.2, 0.25) is 5.91 Å². The smallest absolute Gasteiger partial charge is 0.327 e. The lowest BCUT2D eigenvalue weighted by molar-refractivity contribution is -0.134. The number of carbonyl (C=O) groups is 3. The number of likely N-dealkylation sites (N-methyl/N-ethyl adjacent to an activating group) is 3. The molecule has 2 atom stereocenters. The normalized spacial score (nSPS) is 22.1. The predicted molar refractivity (Wildman–Crippen MR) is 106 cm³/mol. The summed E-state index contributed by atoms with van der Waals surface area (Å²) >= 11 is 1.26. The van der Waals surface area contributed by atoms with Crippen molar-refractivity contribution in [1.82, 2.24) is 14.7 Å². The minimum absolute atomic E-state index is 0.146. The summed E-state index contributed by atoms with van der Waals surface area (Å²) < 4.78 is 0. The third kappa shape index (κ3) is 3.51. The van der Waals surface area contributed by atoms with E-state index in [-0.39, 0.29) is 23.6 Å². The first-order valence-corrected chi connectivity index (χ1v) is 9.54. The number of thioether (sulfide) groups is 1. The Balaban J connectivity index is 1.66. The number of hydrogen-bond donors (Lipinski definition) is 1. The first-order valence-electron chi connectivity index (χ1n) is 8.55. The van der Waals surface area contributed by atoms with Gasteiger partial charge in [-0.25, -0.2) is 9.79 Å². The molecule has 144 valence electrons. The summed E-state index contributed by atoms with van der Waals surface area (Å²) in [6.45, 7) is 3.91. The van der Waals surface area contributed by atoms with E-state index < -0.39 is 12.2 Å². The number of aryl methyl sites for hydroxylation is 2. The summed E-state index contributed by atoms with van der Waals surface area (Å²) in [6.07, 6.45) is -0.453. The van der Waals surface area contributed by atoms with Gasteiger partial charge < -0.3 is 15.1 Å². The Morgan fingerprint density at radius 3 is 2.59 bits per heavy atom. The lowest BCUT2D eigenvalue weighted by atomic mass is 10.1. The molecule has 2 aliphatic heterocycles. The van der Waals surface area contributed by atoms with Gasteiger partial charge in [-0.1, -0.05) is 23.9 Å². The number of hydrogen-bond acceptors (Lipinski definition) is 6. The molecule has 0 unspecified atom stereocenters. The zero-order valence-electron chi connectivity index (χ0n) is 16.0. The molecule has 0 radical (unpaired) electrons. The van der Waals surface area contributed by atoms with E-state index in [0.717, 1.165) is 21.7 Å². The number of amidine groups is 1. The maximum Gasteiger partial charge on any atom is 0.327 e. The molecule has 4 amide bonds. The molecule has 9 heteroatoms. The molecule has 0 spiro atoms. The van der Waals surface area contributed by atoms with Crippen LogP contribution >= 0.6 is 11.8 Å². The van der Waals surface area contributed by atoms with Gasteiger partial charge in [0, 0.05) is 26.8 Å². The van der Waals surface area contributed by atoms with Crippen molar-refractivity contribution >= 4 is 40.5 Å². The summed E-state index contributed by atoms with van der Waals surface area (Å²) in [4.78, 5) is 45.7. The highest BCUT2D eigenvalue weighted by molar-refractivity contribution is 8.14. The van der Waals surface area contributed by atoms with Crippen molar-refractivity contribution in [2.45, 2.75) is 26.1 Å². The number of carbonyl (C=O) groups excluding carboxylic acids is 3. The predicted octanol–water partition coefficient (Wildman–Crippen LogP) is 1.50. The van der Waals surface area contributed by atoms with Gasteiger partial charge in [0.25, 0.3) is 5.91 Å². The fraction of sp³-hybridized carbons (Fsp3) is 0.444. The van der Waals surface area contributed by atoms with Crippen molar-refractivity contribution < 1.29 is 14.4 Å². The van der Waals surface area contributed by atoms with Crippen molar-refractivity contribution in [2.24, 2.45) is 4.99 Å². The Labute approximate surface area is 162 Å². The Hall–Kier alpha value is -2.55. The molecule has 1 aromatic carbocycles. The van der Waals surface area contributed by atoms with E-state index in [4.69, 9.17) is 0 Å². The Kier molecular flexibility index (Phi) is 5.14. The van der Waals surface area contributed by atoms with Crippen LogP contribution in [0.3, 0.4) is 0 Å². The van der Waals surface area contributed by atoms with Gasteiger partial charge in [-0.2, -0.15) is 0 Å². The number of rotatable bonds is 3. The molecule has 1 N–H and O–H groups in total. The van der Waals surface area contributed by atoms with Crippen molar-refractivity contribution in [1.29, 1.82) is 0 Å². The zero-order chi connectivity index (χ0) is 19.9. The minimum Gasteiger partial charge on any atom is -0.331 e. The van der Waals surface area contributed by atoms with Crippen LogP contribution < -0.4 is 5.32 Å². The molecule has 27 heavy (non-hydrogen) atoms. The van der Waals surface area contributed by atoms with E-state index >= 15 is 0 Å². The maximum atomic E-state index is 12.4. The molecule has 0 aliphatic carbocycles. The molecule has 2 aliphatic rings. The number of amides is 4. The van der Waals surface area contributed by atoms with Gasteiger partial charge in [0.05, 0.1) is 5.75 Å². The number of fused-ring (bicyclic) bond motifs is 1. The summed E-state index contributed by atoms with van der Waals surface area (Å²) in [6, 6.07) is 4.87. The largest absolute Gasteiger partial charge is 0.331 e. The number of urea groups is 1. The third-order valence-electron chi connectivity index (χ3n) is 4.80. The zero-order valence-corrected chi connectivity index (χ0v) is 16.8. The highest BCUT2D eigenvalue weighted by Gasteiger charge is 2.49. The number of nitrogens with one attached hydrogen (secondary N) is 1. The molecule has 3 rings (SSSR count). The molecule has 0 saturated carbocycles. The lowest BCUT2D eigenvalue weighted by Gasteiger charge is -2.40. The number of aliphatic imine (C=N–C) groups is 1. The second-order valence-corrected chi connectivity index (χ2v) is 7.77. The highest BCUT2D eigenvalue weighted by Crippen LogP contribution is 2.29. The first-order chi connectivity index (χ1) is 12.7. The molecule has 2 heterocycles. The minimum atomic E-state index is -0.660. The summed E-state index contributed by atoms with van der Waals surface area (Å²) in [7, 11) is 4.88. The van der Waals surface area contributed by atoms with Crippen LogP contribution in [0, 0.1) is 13.8 Å². The molecule has 0 aromatic heterocycles. The number of benzene rings is 1. The van der Waals surface area contributed by atoms with Crippen LogP contribution in [-0.2, 0) is 9.59 Å². The quantitative estimate of drug-likeness (QED) is 0.847. The van der Waals surface area contributed by atoms with Crippen LogP contribution in [0.15, 0.2) is 23.2 Å². The molecular formula is C18H23N5O3S. The van der Waals surface area contributed by atoms with Crippen LogP contribution in [0.1, 0.15) is 11.1 Å². The second-order valence-electron chi connectivity index (χ2n) is 6.83. The van der Waals surface area contributed by atoms with Crippen LogP contribution in [0.2, 0.25) is 0 Å². The number of anilines is 1. The Bertz CT molecular complexity index is 840. The van der Waals surface area contributed by atoms with E-state index in [2.05, 4.69) is 10.3 Å². The van der Waals surface area contributed by atoms with E-state index in [1.807, 2.05) is 32.0 Å². The number of nitrogens with zero attached hydrogens (tertiary/aromatic N) is 4. The second kappa shape index (κ2) is 7.22. The van der Waals surface area contributed by atoms with Crippen LogP contribution in [0.25, 0.3) is 0 Å². The molecule has 1 fully saturated rings. The molecule has 8 nitrogen and oxygen atoms in total. The van der Waals surface area contributed by atoms with Crippen LogP contribution in [0.4, 0.5) is 10.5 Å². The van der Waals surface area contributed by atoms with Gasteiger partial charge in [0.15, 0.2) is 11.2 Å². The van der Waals surface area contributed by atoms with E-state index in [9.17, 15) is 14.4 Å². The SMILES string of the molecule is Cc1ccc(C)c(NC(=O)CSC2=N[C@H]3C(=O)N(C)C(=O)N(C)[C@@H]3N2C)c1. The van der Waals surface area contributed by atoms with Crippen LogP contribution in [0.5, 0.6) is 0 Å². The van der Waals surface area contributed by atoms with Crippen molar-refractivity contribution in [3.05, 3.63) is 29.3 Å². The third-order valence-corrected chi connectivity index (χ3v) is 5.86. The maximum absolute atomic E-state index is 12.4. The first kappa shape index (κ1) is 19.2. The van der Waals surface area contributed by atoms with Gasteiger partial charge in [-0.15, -0.1) is 0 Å².